The number of nitrogens with one attached hydrogen (secondary N) is 1. The second-order valence-corrected chi connectivity index (χ2v) is 6.52. The molecule has 134 valence electrons. The lowest BCUT2D eigenvalue weighted by Crippen LogP contribution is -2.34. The number of benzene rings is 1. The number of carbonyl (C=O) groups excluding carboxylic acids is 1. The lowest BCUT2D eigenvalue weighted by Gasteiger charge is -2.27. The minimum Gasteiger partial charge on any atom is -0.509 e. The first-order chi connectivity index (χ1) is 12.0. The number of hydrogen-bond donors (Lipinski definition) is 2. The van der Waals surface area contributed by atoms with Gasteiger partial charge in [0.2, 0.25) is 0 Å². The second-order valence-electron chi connectivity index (χ2n) is 6.52. The van der Waals surface area contributed by atoms with E-state index in [0.29, 0.717) is 13.0 Å². The Labute approximate surface area is 147 Å². The average molecular weight is 344 g/mol. The van der Waals surface area contributed by atoms with Crippen LogP contribution in [0, 0.1) is 13.8 Å². The molecule has 2 aromatic rings. The summed E-state index contributed by atoms with van der Waals surface area (Å²) in [6, 6.07) is 4.36. The van der Waals surface area contributed by atoms with E-state index in [-0.39, 0.29) is 11.5 Å². The third kappa shape index (κ3) is 3.79. The van der Waals surface area contributed by atoms with Gasteiger partial charge in [-0.3, -0.25) is 4.90 Å². The van der Waals surface area contributed by atoms with Gasteiger partial charge in [-0.05, 0) is 43.0 Å². The van der Waals surface area contributed by atoms with E-state index in [1.165, 1.54) is 34.7 Å². The summed E-state index contributed by atoms with van der Waals surface area (Å²) in [5.41, 5.74) is 4.97. The van der Waals surface area contributed by atoms with Gasteiger partial charge in [0.25, 0.3) is 0 Å². The van der Waals surface area contributed by atoms with E-state index < -0.39 is 6.16 Å². The smallest absolute Gasteiger partial charge is 0.509 e. The number of nitrogens with zero attached hydrogens (tertiary/aromatic N) is 1. The summed E-state index contributed by atoms with van der Waals surface area (Å²) >= 11 is 0. The van der Waals surface area contributed by atoms with Crippen LogP contribution in [0.2, 0.25) is 0 Å². The molecule has 0 unspecified atom stereocenters. The molecule has 6 nitrogen and oxygen atoms in total. The molecule has 25 heavy (non-hydrogen) atoms. The van der Waals surface area contributed by atoms with Gasteiger partial charge in [0, 0.05) is 36.6 Å². The molecule has 1 aliphatic rings. The van der Waals surface area contributed by atoms with Gasteiger partial charge in [-0.2, -0.15) is 0 Å². The first-order valence-corrected chi connectivity index (χ1v) is 8.44. The summed E-state index contributed by atoms with van der Waals surface area (Å²) < 4.78 is 9.54. The largest absolute Gasteiger partial charge is 0.513 e. The number of fused-ring (bicyclic) bond motifs is 1. The van der Waals surface area contributed by atoms with E-state index in [9.17, 15) is 9.90 Å². The molecule has 0 aliphatic carbocycles. The minimum atomic E-state index is -0.800. The molecular formula is C19H24N2O4. The number of hydrogen-bond acceptors (Lipinski definition) is 5. The molecule has 6 heteroatoms. The lowest BCUT2D eigenvalue weighted by atomic mass is 10.0. The molecule has 0 bridgehead atoms. The molecule has 0 radical (unpaired) electrons. The molecule has 0 amide bonds. The van der Waals surface area contributed by atoms with Crippen molar-refractivity contribution in [2.75, 3.05) is 26.7 Å². The predicted octanol–water partition coefficient (Wildman–Crippen LogP) is 3.59. The van der Waals surface area contributed by atoms with Crippen LogP contribution >= 0.6 is 0 Å². The number of H-pyrrole nitrogens is 1. The number of aromatic amines is 1. The maximum atomic E-state index is 11.3. The van der Waals surface area contributed by atoms with Crippen LogP contribution < -0.4 is 0 Å². The van der Waals surface area contributed by atoms with Crippen molar-refractivity contribution in [1.29, 1.82) is 0 Å². The van der Waals surface area contributed by atoms with Gasteiger partial charge in [-0.15, -0.1) is 0 Å². The molecule has 0 fully saturated rings. The van der Waals surface area contributed by atoms with Crippen LogP contribution in [0.3, 0.4) is 0 Å². The molecule has 0 atom stereocenters. The second kappa shape index (κ2) is 7.19. The number of aromatic nitrogens is 1. The number of aliphatic hydroxyl groups is 1. The highest BCUT2D eigenvalue weighted by molar-refractivity contribution is 5.87. The number of aryl methyl sites for hydroxylation is 2. The molecule has 0 saturated heterocycles. The number of methoxy groups -OCH3 is 1. The number of ether oxygens (including phenoxy) is 2. The van der Waals surface area contributed by atoms with Gasteiger partial charge in [-0.1, -0.05) is 6.07 Å². The van der Waals surface area contributed by atoms with E-state index in [1.54, 1.807) is 0 Å². The average Bonchev–Trinajstić information content (AvgIpc) is 2.98. The Kier molecular flexibility index (Phi) is 4.99. The first kappa shape index (κ1) is 17.4. The summed E-state index contributed by atoms with van der Waals surface area (Å²) in [5.74, 6) is 0.406. The van der Waals surface area contributed by atoms with Crippen LogP contribution in [0.1, 0.15) is 23.1 Å². The summed E-state index contributed by atoms with van der Waals surface area (Å²) in [6.45, 7) is 6.20. The zero-order valence-corrected chi connectivity index (χ0v) is 14.9. The standard InChI is InChI=1S/C19H24N2O4/c1-12-8-13(2)18-14(10-20-15(18)9-12)4-6-21-7-5-16(22)17(11-21)25-19(23)24-3/h8-10,20,22H,4-7,11H2,1-3H3. The van der Waals surface area contributed by atoms with Crippen molar-refractivity contribution in [1.82, 2.24) is 9.88 Å². The van der Waals surface area contributed by atoms with E-state index in [1.807, 2.05) is 0 Å². The molecule has 0 saturated carbocycles. The van der Waals surface area contributed by atoms with Crippen LogP contribution in [0.4, 0.5) is 4.79 Å². The van der Waals surface area contributed by atoms with Gasteiger partial charge in [0.1, 0.15) is 5.76 Å². The van der Waals surface area contributed by atoms with Crippen LogP contribution in [-0.2, 0) is 15.9 Å². The number of aliphatic hydroxyl groups excluding tert-OH is 1. The predicted molar refractivity (Wildman–Crippen MR) is 95.7 cm³/mol. The normalized spacial score (nSPS) is 15.6. The zero-order chi connectivity index (χ0) is 18.0. The van der Waals surface area contributed by atoms with Crippen molar-refractivity contribution >= 4 is 17.1 Å². The fourth-order valence-corrected chi connectivity index (χ4v) is 3.42. The highest BCUT2D eigenvalue weighted by atomic mass is 16.7. The SMILES string of the molecule is COC(=O)OC1=C(O)CCN(CCc2c[nH]c3cc(C)cc(C)c23)C1. The summed E-state index contributed by atoms with van der Waals surface area (Å²) in [7, 11) is 1.25. The van der Waals surface area contributed by atoms with Gasteiger partial charge >= 0.3 is 6.16 Å². The molecule has 0 spiro atoms. The first-order valence-electron chi connectivity index (χ1n) is 8.44. The Morgan fingerprint density at radius 2 is 2.16 bits per heavy atom. The minimum absolute atomic E-state index is 0.125. The molecule has 2 N–H and O–H groups in total. The molecule has 2 heterocycles. The molecular weight excluding hydrogens is 320 g/mol. The molecule has 1 aliphatic heterocycles. The lowest BCUT2D eigenvalue weighted by molar-refractivity contribution is 0.0791. The van der Waals surface area contributed by atoms with E-state index in [2.05, 4.69) is 46.8 Å². The highest BCUT2D eigenvalue weighted by Crippen LogP contribution is 2.25. The van der Waals surface area contributed by atoms with E-state index in [0.717, 1.165) is 19.5 Å². The van der Waals surface area contributed by atoms with Crippen LogP contribution in [0.15, 0.2) is 29.8 Å². The van der Waals surface area contributed by atoms with Gasteiger partial charge in [0.05, 0.1) is 13.7 Å². The van der Waals surface area contributed by atoms with Crippen molar-refractivity contribution in [2.45, 2.75) is 26.7 Å². The van der Waals surface area contributed by atoms with Crippen molar-refractivity contribution in [3.63, 3.8) is 0 Å². The van der Waals surface area contributed by atoms with Crippen LogP contribution in [0.5, 0.6) is 0 Å². The molecule has 3 rings (SSSR count). The van der Waals surface area contributed by atoms with Crippen molar-refractivity contribution in [2.24, 2.45) is 0 Å². The van der Waals surface area contributed by atoms with Crippen molar-refractivity contribution < 1.29 is 19.4 Å². The fourth-order valence-electron chi connectivity index (χ4n) is 3.42. The van der Waals surface area contributed by atoms with E-state index >= 15 is 0 Å². The maximum Gasteiger partial charge on any atom is 0.513 e. The van der Waals surface area contributed by atoms with Crippen molar-refractivity contribution in [3.05, 3.63) is 46.5 Å². The highest BCUT2D eigenvalue weighted by Gasteiger charge is 2.22. The van der Waals surface area contributed by atoms with Gasteiger partial charge in [0.15, 0.2) is 5.76 Å². The Morgan fingerprint density at radius 1 is 1.36 bits per heavy atom. The van der Waals surface area contributed by atoms with Gasteiger partial charge in [-0.25, -0.2) is 4.79 Å². The van der Waals surface area contributed by atoms with Crippen LogP contribution in [0.25, 0.3) is 10.9 Å². The van der Waals surface area contributed by atoms with E-state index in [4.69, 9.17) is 4.74 Å². The number of rotatable bonds is 4. The zero-order valence-electron chi connectivity index (χ0n) is 14.9. The number of carbonyl (C=O) groups is 1. The summed E-state index contributed by atoms with van der Waals surface area (Å²) in [5, 5.41) is 11.2. The van der Waals surface area contributed by atoms with Gasteiger partial charge < -0.3 is 19.6 Å². The molecule has 1 aromatic heterocycles. The third-order valence-electron chi connectivity index (χ3n) is 4.63. The molecule has 1 aromatic carbocycles. The summed E-state index contributed by atoms with van der Waals surface area (Å²) in [4.78, 5) is 16.8. The Hall–Kier alpha value is -2.47. The Bertz CT molecular complexity index is 822. The van der Waals surface area contributed by atoms with Crippen LogP contribution in [-0.4, -0.2) is 47.9 Å². The van der Waals surface area contributed by atoms with Crippen molar-refractivity contribution in [3.8, 4) is 0 Å². The quantitative estimate of drug-likeness (QED) is 0.829. The Balaban J connectivity index is 1.67. The monoisotopic (exact) mass is 344 g/mol. The topological polar surface area (TPSA) is 74.8 Å². The Morgan fingerprint density at radius 3 is 2.92 bits per heavy atom. The third-order valence-corrected chi connectivity index (χ3v) is 4.63. The maximum absolute atomic E-state index is 11.3. The summed E-state index contributed by atoms with van der Waals surface area (Å²) in [6.07, 6.45) is 2.63. The fraction of sp³-hybridized carbons (Fsp3) is 0.421.